The fraction of sp³-hybridized carbons (Fsp3) is 0.333. The Hall–Kier alpha value is -3.51. The summed E-state index contributed by atoms with van der Waals surface area (Å²) < 4.78 is 76.7. The average molecular weight is 447 g/mol. The number of ether oxygens (including phenoxy) is 2. The number of nitrogens with two attached hydrogens (primary N) is 1. The van der Waals surface area contributed by atoms with Gasteiger partial charge in [0.2, 0.25) is 5.88 Å². The number of benzene rings is 1. The van der Waals surface area contributed by atoms with E-state index in [1.54, 1.807) is 0 Å². The zero-order chi connectivity index (χ0) is 23.3. The van der Waals surface area contributed by atoms with Crippen LogP contribution >= 0.6 is 0 Å². The number of hydrogen-bond acceptors (Lipinski definition) is 6. The highest BCUT2D eigenvalue weighted by atomic mass is 19.4. The van der Waals surface area contributed by atoms with E-state index < -0.39 is 53.7 Å². The molecule has 168 valence electrons. The molecular weight excluding hydrogens is 429 g/mol. The first-order valence-electron chi connectivity index (χ1n) is 8.66. The normalized spacial score (nSPS) is 13.3. The maximum absolute atomic E-state index is 14.3. The van der Waals surface area contributed by atoms with Gasteiger partial charge in [-0.15, -0.1) is 0 Å². The number of alkyl halides is 3. The van der Waals surface area contributed by atoms with Gasteiger partial charge in [-0.25, -0.2) is 18.7 Å². The van der Waals surface area contributed by atoms with E-state index in [1.807, 2.05) is 0 Å². The molecule has 1 aromatic heterocycles. The fourth-order valence-corrected chi connectivity index (χ4v) is 2.62. The minimum Gasteiger partial charge on any atom is -0.480 e. The number of carbonyl (C=O) groups excluding carboxylic acids is 1. The molecule has 0 spiro atoms. The minimum absolute atomic E-state index is 0.146. The summed E-state index contributed by atoms with van der Waals surface area (Å²) in [7, 11) is 1.35. The summed E-state index contributed by atoms with van der Waals surface area (Å²) in [5, 5.41) is 9.18. The lowest BCUT2D eigenvalue weighted by molar-refractivity contribution is -0.202. The van der Waals surface area contributed by atoms with Crippen LogP contribution in [0.3, 0.4) is 0 Å². The van der Waals surface area contributed by atoms with E-state index in [1.165, 1.54) is 20.2 Å². The molecule has 0 aliphatic rings. The van der Waals surface area contributed by atoms with Gasteiger partial charge < -0.3 is 20.5 Å². The number of hydrogen-bond donors (Lipinski definition) is 3. The van der Waals surface area contributed by atoms with Crippen molar-refractivity contribution in [2.24, 2.45) is 5.73 Å². The van der Waals surface area contributed by atoms with E-state index in [0.717, 1.165) is 12.3 Å². The quantitative estimate of drug-likeness (QED) is 0.340. The Balaban J connectivity index is 2.26. The highest BCUT2D eigenvalue weighted by Gasteiger charge is 2.43. The number of nitrogens with one attached hydrogen (secondary N) is 2. The summed E-state index contributed by atoms with van der Waals surface area (Å²) in [4.78, 5) is 19.8. The van der Waals surface area contributed by atoms with Crippen LogP contribution in [0.1, 0.15) is 35.3 Å². The van der Waals surface area contributed by atoms with Gasteiger partial charge in [0.1, 0.15) is 5.69 Å². The van der Waals surface area contributed by atoms with Crippen molar-refractivity contribution in [2.45, 2.75) is 31.5 Å². The molecule has 4 N–H and O–H groups in total. The Morgan fingerprint density at radius 1 is 1.26 bits per heavy atom. The van der Waals surface area contributed by atoms with Crippen LogP contribution in [0.4, 0.5) is 27.6 Å². The lowest BCUT2D eigenvalue weighted by Gasteiger charge is -2.24. The second-order valence-electron chi connectivity index (χ2n) is 6.41. The molecule has 0 radical (unpaired) electrons. The zero-order valence-corrected chi connectivity index (χ0v) is 16.3. The molecule has 1 heterocycles. The van der Waals surface area contributed by atoms with Gasteiger partial charge in [0.05, 0.1) is 19.5 Å². The van der Waals surface area contributed by atoms with Crippen molar-refractivity contribution in [1.82, 2.24) is 9.97 Å². The van der Waals surface area contributed by atoms with Crippen molar-refractivity contribution < 1.29 is 36.2 Å². The molecule has 1 amide bonds. The predicted octanol–water partition coefficient (Wildman–Crippen LogP) is 3.35. The Labute approximate surface area is 173 Å². The van der Waals surface area contributed by atoms with Gasteiger partial charge in [0.15, 0.2) is 17.7 Å². The van der Waals surface area contributed by atoms with Crippen LogP contribution in [0.2, 0.25) is 0 Å². The van der Waals surface area contributed by atoms with Crippen LogP contribution in [0, 0.1) is 17.0 Å². The highest BCUT2D eigenvalue weighted by molar-refractivity contribution is 6.02. The third-order valence-electron chi connectivity index (χ3n) is 4.12. The Kier molecular flexibility index (Phi) is 7.31. The summed E-state index contributed by atoms with van der Waals surface area (Å²) >= 11 is 0. The van der Waals surface area contributed by atoms with Gasteiger partial charge >= 0.3 is 6.18 Å². The SMILES string of the molecule is COc1cnc(C(=O)Nc2cc(F)c(F)c([C@@H](C)C[C@@H](OC(=N)N)C(F)(F)F)c2)cn1. The second-order valence-corrected chi connectivity index (χ2v) is 6.41. The van der Waals surface area contributed by atoms with Gasteiger partial charge in [-0.3, -0.25) is 10.2 Å². The van der Waals surface area contributed by atoms with Crippen LogP contribution in [-0.4, -0.2) is 41.3 Å². The van der Waals surface area contributed by atoms with Crippen LogP contribution < -0.4 is 15.8 Å². The van der Waals surface area contributed by atoms with Crippen molar-refractivity contribution in [2.75, 3.05) is 12.4 Å². The molecule has 2 aromatic rings. The van der Waals surface area contributed by atoms with E-state index in [4.69, 9.17) is 15.9 Å². The molecule has 0 bridgehead atoms. The lowest BCUT2D eigenvalue weighted by atomic mass is 9.93. The first kappa shape index (κ1) is 23.8. The monoisotopic (exact) mass is 447 g/mol. The standard InChI is InChI=1S/C18H18F5N5O3/c1-8(3-13(18(21,22)23)31-17(24)25)10-4-9(5-11(19)15(10)20)28-16(29)12-6-27-14(30-2)7-26-12/h4-8,13H,3H2,1-2H3,(H3,24,25)(H,28,29)/t8-,13+/m0/s1. The molecule has 1 aromatic carbocycles. The van der Waals surface area contributed by atoms with Gasteiger partial charge in [-0.1, -0.05) is 6.92 Å². The maximum Gasteiger partial charge on any atom is 0.425 e. The summed E-state index contributed by atoms with van der Waals surface area (Å²) in [6, 6.07) is 0.509. The number of aromatic nitrogens is 2. The zero-order valence-electron chi connectivity index (χ0n) is 16.3. The molecule has 0 saturated heterocycles. The molecule has 31 heavy (non-hydrogen) atoms. The van der Waals surface area contributed by atoms with E-state index in [0.29, 0.717) is 6.07 Å². The molecule has 13 heteroatoms. The maximum atomic E-state index is 14.3. The number of rotatable bonds is 7. The largest absolute Gasteiger partial charge is 0.480 e. The number of amidine groups is 1. The number of carbonyl (C=O) groups is 1. The molecule has 0 aliphatic heterocycles. The van der Waals surface area contributed by atoms with Crippen LogP contribution in [0.25, 0.3) is 0 Å². The number of methoxy groups -OCH3 is 1. The van der Waals surface area contributed by atoms with E-state index in [9.17, 15) is 26.7 Å². The number of halogens is 5. The highest BCUT2D eigenvalue weighted by Crippen LogP contribution is 2.34. The second kappa shape index (κ2) is 9.53. The van der Waals surface area contributed by atoms with Crippen molar-refractivity contribution >= 4 is 17.6 Å². The molecule has 0 unspecified atom stereocenters. The summed E-state index contributed by atoms with van der Waals surface area (Å²) in [6.45, 7) is 1.21. The van der Waals surface area contributed by atoms with Gasteiger partial charge in [-0.05, 0) is 17.5 Å². The van der Waals surface area contributed by atoms with Crippen molar-refractivity contribution in [1.29, 1.82) is 5.41 Å². The molecule has 0 fully saturated rings. The van der Waals surface area contributed by atoms with Gasteiger partial charge in [0, 0.05) is 18.2 Å². The summed E-state index contributed by atoms with van der Waals surface area (Å²) in [5.74, 6) is -4.63. The van der Waals surface area contributed by atoms with E-state index in [2.05, 4.69) is 20.0 Å². The topological polar surface area (TPSA) is 123 Å². The first-order valence-corrected chi connectivity index (χ1v) is 8.66. The number of amides is 1. The third-order valence-corrected chi connectivity index (χ3v) is 4.12. The fourth-order valence-electron chi connectivity index (χ4n) is 2.62. The van der Waals surface area contributed by atoms with E-state index >= 15 is 0 Å². The minimum atomic E-state index is -4.90. The smallest absolute Gasteiger partial charge is 0.425 e. The number of anilines is 1. The molecule has 2 atom stereocenters. The number of nitrogens with zero attached hydrogens (tertiary/aromatic N) is 2. The summed E-state index contributed by atoms with van der Waals surface area (Å²) in [6.07, 6.45) is -5.99. The Bertz CT molecular complexity index is 953. The molecule has 2 rings (SSSR count). The van der Waals surface area contributed by atoms with Gasteiger partial charge in [0.25, 0.3) is 11.9 Å². The first-order chi connectivity index (χ1) is 14.4. The van der Waals surface area contributed by atoms with Crippen LogP contribution in [0.5, 0.6) is 5.88 Å². The predicted molar refractivity (Wildman–Crippen MR) is 98.8 cm³/mol. The van der Waals surface area contributed by atoms with Gasteiger partial charge in [-0.2, -0.15) is 13.2 Å². The van der Waals surface area contributed by atoms with Crippen molar-refractivity contribution in [3.8, 4) is 5.88 Å². The van der Waals surface area contributed by atoms with Crippen molar-refractivity contribution in [3.63, 3.8) is 0 Å². The Morgan fingerprint density at radius 2 is 1.94 bits per heavy atom. The summed E-state index contributed by atoms with van der Waals surface area (Å²) in [5.41, 5.74) is 4.07. The molecular formula is C18H18F5N5O3. The van der Waals surface area contributed by atoms with E-state index in [-0.39, 0.29) is 17.3 Å². The molecule has 8 nitrogen and oxygen atoms in total. The van der Waals surface area contributed by atoms with Crippen LogP contribution in [-0.2, 0) is 4.74 Å². The lowest BCUT2D eigenvalue weighted by Crippen LogP contribution is -2.37. The van der Waals surface area contributed by atoms with Crippen LogP contribution in [0.15, 0.2) is 24.5 Å². The third kappa shape index (κ3) is 6.23. The Morgan fingerprint density at radius 3 is 2.45 bits per heavy atom. The van der Waals surface area contributed by atoms with Crippen molar-refractivity contribution in [3.05, 3.63) is 47.4 Å². The molecule has 0 saturated carbocycles. The average Bonchev–Trinajstić information content (AvgIpc) is 2.69. The molecule has 0 aliphatic carbocycles.